The Morgan fingerprint density at radius 2 is 2.11 bits per heavy atom. The van der Waals surface area contributed by atoms with Crippen molar-refractivity contribution in [1.82, 2.24) is 5.32 Å². The van der Waals surface area contributed by atoms with E-state index in [4.69, 9.17) is 4.74 Å². The van der Waals surface area contributed by atoms with Gasteiger partial charge in [-0.3, -0.25) is 4.79 Å². The summed E-state index contributed by atoms with van der Waals surface area (Å²) in [7, 11) is -1.75. The maximum atomic E-state index is 11.7. The lowest BCUT2D eigenvalue weighted by Crippen LogP contribution is -2.28. The van der Waals surface area contributed by atoms with Crippen LogP contribution in [0.3, 0.4) is 0 Å². The molecule has 100 valence electrons. The Bertz CT molecular complexity index is 538. The van der Waals surface area contributed by atoms with Gasteiger partial charge in [-0.05, 0) is 12.1 Å². The molecule has 1 aromatic carbocycles. The molecular weight excluding hydrogens is 258 g/mol. The van der Waals surface area contributed by atoms with Gasteiger partial charge in [-0.2, -0.15) is 0 Å². The quantitative estimate of drug-likeness (QED) is 0.798. The second-order valence-electron chi connectivity index (χ2n) is 3.74. The van der Waals surface area contributed by atoms with Crippen LogP contribution in [0.4, 0.5) is 0 Å². The molecular formula is C11H15NO5S. The number of carbonyl (C=O) groups excluding carboxylic acids is 1. The Kier molecular flexibility index (Phi) is 4.55. The molecule has 1 amide bonds. The Labute approximate surface area is 106 Å². The second kappa shape index (κ2) is 5.72. The van der Waals surface area contributed by atoms with Gasteiger partial charge in [0.05, 0.1) is 18.4 Å². The fourth-order valence-electron chi connectivity index (χ4n) is 1.32. The molecule has 0 aromatic heterocycles. The summed E-state index contributed by atoms with van der Waals surface area (Å²) in [5.41, 5.74) is 0.0443. The van der Waals surface area contributed by atoms with Crippen molar-refractivity contribution >= 4 is 15.7 Å². The Balaban J connectivity index is 2.73. The van der Waals surface area contributed by atoms with Crippen molar-refractivity contribution in [1.29, 1.82) is 0 Å². The highest BCUT2D eigenvalue weighted by Crippen LogP contribution is 2.28. The molecule has 0 radical (unpaired) electrons. The lowest BCUT2D eigenvalue weighted by Gasteiger charge is -2.09. The van der Waals surface area contributed by atoms with E-state index < -0.39 is 15.7 Å². The van der Waals surface area contributed by atoms with Crippen molar-refractivity contribution in [3.05, 3.63) is 23.8 Å². The highest BCUT2D eigenvalue weighted by molar-refractivity contribution is 7.90. The largest absolute Gasteiger partial charge is 0.504 e. The molecule has 0 bridgehead atoms. The minimum Gasteiger partial charge on any atom is -0.504 e. The number of rotatable bonds is 5. The summed E-state index contributed by atoms with van der Waals surface area (Å²) in [5, 5.41) is 12.1. The summed E-state index contributed by atoms with van der Waals surface area (Å²) >= 11 is 0. The van der Waals surface area contributed by atoms with Gasteiger partial charge in [0, 0.05) is 12.8 Å². The number of ether oxygens (including phenoxy) is 1. The van der Waals surface area contributed by atoms with E-state index in [2.05, 4.69) is 5.32 Å². The van der Waals surface area contributed by atoms with Crippen LogP contribution in [0.5, 0.6) is 11.5 Å². The van der Waals surface area contributed by atoms with Crippen molar-refractivity contribution < 1.29 is 23.1 Å². The number of benzene rings is 1. The third-order valence-electron chi connectivity index (χ3n) is 2.22. The molecule has 1 aromatic rings. The van der Waals surface area contributed by atoms with Crippen LogP contribution < -0.4 is 10.1 Å². The fourth-order valence-corrected chi connectivity index (χ4v) is 1.79. The van der Waals surface area contributed by atoms with Gasteiger partial charge >= 0.3 is 0 Å². The molecule has 2 N–H and O–H groups in total. The van der Waals surface area contributed by atoms with E-state index in [0.29, 0.717) is 0 Å². The first-order chi connectivity index (χ1) is 8.35. The number of nitrogens with one attached hydrogen (secondary N) is 1. The number of hydrogen-bond donors (Lipinski definition) is 2. The Hall–Kier alpha value is -1.76. The third-order valence-corrected chi connectivity index (χ3v) is 3.17. The molecule has 0 atom stereocenters. The van der Waals surface area contributed by atoms with Gasteiger partial charge in [0.2, 0.25) is 0 Å². The third kappa shape index (κ3) is 3.92. The number of amides is 1. The number of aromatic hydroxyl groups is 1. The number of phenols is 1. The van der Waals surface area contributed by atoms with Crippen LogP contribution in [0.2, 0.25) is 0 Å². The van der Waals surface area contributed by atoms with Gasteiger partial charge in [0.15, 0.2) is 11.5 Å². The molecule has 0 saturated carbocycles. The first-order valence-corrected chi connectivity index (χ1v) is 7.23. The maximum Gasteiger partial charge on any atom is 0.255 e. The lowest BCUT2D eigenvalue weighted by molar-refractivity contribution is 0.0953. The molecule has 0 fully saturated rings. The molecule has 0 aliphatic carbocycles. The van der Waals surface area contributed by atoms with Crippen LogP contribution in [0.25, 0.3) is 0 Å². The zero-order valence-electron chi connectivity index (χ0n) is 10.1. The molecule has 6 nitrogen and oxygen atoms in total. The normalized spacial score (nSPS) is 11.0. The van der Waals surface area contributed by atoms with Gasteiger partial charge < -0.3 is 15.2 Å². The summed E-state index contributed by atoms with van der Waals surface area (Å²) in [6.45, 7) is -0.00564. The van der Waals surface area contributed by atoms with Gasteiger partial charge in [0.25, 0.3) is 5.91 Å². The lowest BCUT2D eigenvalue weighted by atomic mass is 10.1. The first-order valence-electron chi connectivity index (χ1n) is 5.17. The van der Waals surface area contributed by atoms with Crippen LogP contribution >= 0.6 is 0 Å². The highest BCUT2D eigenvalue weighted by atomic mass is 32.2. The molecule has 0 saturated heterocycles. The number of hydrogen-bond acceptors (Lipinski definition) is 5. The molecule has 0 spiro atoms. The smallest absolute Gasteiger partial charge is 0.255 e. The summed E-state index contributed by atoms with van der Waals surface area (Å²) in [6, 6.07) is 4.50. The molecule has 1 rings (SSSR count). The van der Waals surface area contributed by atoms with E-state index in [1.165, 1.54) is 19.2 Å². The van der Waals surface area contributed by atoms with Crippen LogP contribution in [-0.2, 0) is 9.84 Å². The standard InChI is InChI=1S/C11H15NO5S/c1-17-9-5-3-4-8(10(9)13)11(14)12-6-7-18(2,15)16/h3-5,13H,6-7H2,1-2H3,(H,12,14). The molecule has 0 heterocycles. The summed E-state index contributed by atoms with van der Waals surface area (Å²) < 4.78 is 26.7. The number of carbonyl (C=O) groups is 1. The van der Waals surface area contributed by atoms with Crippen LogP contribution in [0.1, 0.15) is 10.4 Å². The maximum absolute atomic E-state index is 11.7. The predicted molar refractivity (Wildman–Crippen MR) is 66.7 cm³/mol. The van der Waals surface area contributed by atoms with Crippen LogP contribution in [0, 0.1) is 0 Å². The summed E-state index contributed by atoms with van der Waals surface area (Å²) in [4.78, 5) is 11.7. The van der Waals surface area contributed by atoms with Crippen molar-refractivity contribution in [3.8, 4) is 11.5 Å². The number of para-hydroxylation sites is 1. The van der Waals surface area contributed by atoms with E-state index in [9.17, 15) is 18.3 Å². The van der Waals surface area contributed by atoms with E-state index in [1.54, 1.807) is 6.07 Å². The monoisotopic (exact) mass is 273 g/mol. The highest BCUT2D eigenvalue weighted by Gasteiger charge is 2.14. The molecule has 7 heteroatoms. The van der Waals surface area contributed by atoms with E-state index in [-0.39, 0.29) is 29.4 Å². The summed E-state index contributed by atoms with van der Waals surface area (Å²) in [5.74, 6) is -0.776. The minimum atomic E-state index is -3.13. The second-order valence-corrected chi connectivity index (χ2v) is 6.00. The summed E-state index contributed by atoms with van der Waals surface area (Å²) in [6.07, 6.45) is 1.09. The van der Waals surface area contributed by atoms with Crippen LogP contribution in [0.15, 0.2) is 18.2 Å². The predicted octanol–water partition coefficient (Wildman–Crippen LogP) is 0.175. The molecule has 0 unspecified atom stereocenters. The van der Waals surface area contributed by atoms with E-state index in [0.717, 1.165) is 6.26 Å². The van der Waals surface area contributed by atoms with E-state index >= 15 is 0 Å². The van der Waals surface area contributed by atoms with Crippen LogP contribution in [-0.4, -0.2) is 45.1 Å². The zero-order chi connectivity index (χ0) is 13.8. The minimum absolute atomic E-state index is 0.00564. The van der Waals surface area contributed by atoms with Crippen molar-refractivity contribution in [2.45, 2.75) is 0 Å². The van der Waals surface area contributed by atoms with Gasteiger partial charge in [0.1, 0.15) is 9.84 Å². The fraction of sp³-hybridized carbons (Fsp3) is 0.364. The molecule has 0 aliphatic heterocycles. The Morgan fingerprint density at radius 3 is 2.67 bits per heavy atom. The number of phenolic OH excluding ortho intramolecular Hbond substituents is 1. The zero-order valence-corrected chi connectivity index (χ0v) is 11.0. The average Bonchev–Trinajstić information content (AvgIpc) is 2.27. The number of sulfone groups is 1. The molecule has 18 heavy (non-hydrogen) atoms. The van der Waals surface area contributed by atoms with Gasteiger partial charge in [-0.25, -0.2) is 8.42 Å². The topological polar surface area (TPSA) is 92.7 Å². The molecule has 0 aliphatic rings. The van der Waals surface area contributed by atoms with Crippen molar-refractivity contribution in [2.24, 2.45) is 0 Å². The number of methoxy groups -OCH3 is 1. The van der Waals surface area contributed by atoms with Crippen molar-refractivity contribution in [2.75, 3.05) is 25.7 Å². The Morgan fingerprint density at radius 1 is 1.44 bits per heavy atom. The van der Waals surface area contributed by atoms with Gasteiger partial charge in [-0.15, -0.1) is 0 Å². The first kappa shape index (κ1) is 14.3. The van der Waals surface area contributed by atoms with E-state index in [1.807, 2.05) is 0 Å². The van der Waals surface area contributed by atoms with Crippen molar-refractivity contribution in [3.63, 3.8) is 0 Å². The van der Waals surface area contributed by atoms with Gasteiger partial charge in [-0.1, -0.05) is 6.07 Å². The SMILES string of the molecule is COc1cccc(C(=O)NCCS(C)(=O)=O)c1O. The average molecular weight is 273 g/mol.